The van der Waals surface area contributed by atoms with Crippen molar-refractivity contribution < 1.29 is 0 Å². The molecule has 2 N–H and O–H groups in total. The summed E-state index contributed by atoms with van der Waals surface area (Å²) < 4.78 is 0. The molecule has 1 aliphatic rings. The number of aromatic amines is 1. The van der Waals surface area contributed by atoms with Gasteiger partial charge in [-0.1, -0.05) is 0 Å². The Morgan fingerprint density at radius 2 is 2.36 bits per heavy atom. The monoisotopic (exact) mass is 151 g/mol. The minimum Gasteiger partial charge on any atom is -0.313 e. The van der Waals surface area contributed by atoms with Gasteiger partial charge in [0.05, 0.1) is 5.69 Å². The van der Waals surface area contributed by atoms with E-state index in [1.165, 1.54) is 23.4 Å². The Hall–Kier alpha value is -0.830. The van der Waals surface area contributed by atoms with Crippen molar-refractivity contribution in [2.75, 3.05) is 6.54 Å². The van der Waals surface area contributed by atoms with E-state index in [4.69, 9.17) is 0 Å². The van der Waals surface area contributed by atoms with Crippen molar-refractivity contribution in [3.63, 3.8) is 0 Å². The van der Waals surface area contributed by atoms with Gasteiger partial charge in [0.15, 0.2) is 0 Å². The summed E-state index contributed by atoms with van der Waals surface area (Å²) in [5.74, 6) is 0. The molecule has 0 spiro atoms. The van der Waals surface area contributed by atoms with Gasteiger partial charge in [-0.15, -0.1) is 0 Å². The van der Waals surface area contributed by atoms with E-state index in [-0.39, 0.29) is 0 Å². The third kappa shape index (κ3) is 1.16. The molecular formula is C8H13N3. The molecule has 0 bridgehead atoms. The van der Waals surface area contributed by atoms with Crippen LogP contribution in [0.1, 0.15) is 23.4 Å². The van der Waals surface area contributed by atoms with E-state index in [1.54, 1.807) is 0 Å². The molecular weight excluding hydrogens is 138 g/mol. The van der Waals surface area contributed by atoms with Crippen LogP contribution in [-0.4, -0.2) is 16.7 Å². The van der Waals surface area contributed by atoms with E-state index in [0.717, 1.165) is 19.5 Å². The fourth-order valence-corrected chi connectivity index (χ4v) is 1.54. The maximum atomic E-state index is 4.25. The molecule has 1 aromatic rings. The van der Waals surface area contributed by atoms with E-state index < -0.39 is 0 Å². The first-order valence-electron chi connectivity index (χ1n) is 4.11. The molecule has 0 fully saturated rings. The van der Waals surface area contributed by atoms with Crippen LogP contribution in [0.25, 0.3) is 0 Å². The van der Waals surface area contributed by atoms with Crippen molar-refractivity contribution in [2.45, 2.75) is 26.3 Å². The van der Waals surface area contributed by atoms with E-state index in [1.807, 2.05) is 0 Å². The lowest BCUT2D eigenvalue weighted by Crippen LogP contribution is -2.12. The molecule has 0 unspecified atom stereocenters. The van der Waals surface area contributed by atoms with Crippen molar-refractivity contribution in [3.8, 4) is 0 Å². The van der Waals surface area contributed by atoms with Gasteiger partial charge in [-0.05, 0) is 26.3 Å². The van der Waals surface area contributed by atoms with Crippen LogP contribution in [0.4, 0.5) is 0 Å². The molecule has 2 heterocycles. The highest BCUT2D eigenvalue weighted by Crippen LogP contribution is 2.14. The molecule has 0 aromatic carbocycles. The topological polar surface area (TPSA) is 40.7 Å². The Labute approximate surface area is 66.2 Å². The highest BCUT2D eigenvalue weighted by Gasteiger charge is 2.11. The SMILES string of the molecule is Cc1[nH]nc2c1CNCCC2. The zero-order valence-electron chi connectivity index (χ0n) is 6.78. The lowest BCUT2D eigenvalue weighted by Gasteiger charge is -1.97. The van der Waals surface area contributed by atoms with E-state index in [0.29, 0.717) is 0 Å². The first-order valence-corrected chi connectivity index (χ1v) is 4.11. The predicted molar refractivity (Wildman–Crippen MR) is 43.4 cm³/mol. The van der Waals surface area contributed by atoms with Crippen LogP contribution >= 0.6 is 0 Å². The van der Waals surface area contributed by atoms with Crippen LogP contribution in [0.15, 0.2) is 0 Å². The number of hydrogen-bond acceptors (Lipinski definition) is 2. The number of nitrogens with one attached hydrogen (secondary N) is 2. The van der Waals surface area contributed by atoms with Crippen molar-refractivity contribution >= 4 is 0 Å². The van der Waals surface area contributed by atoms with Crippen LogP contribution in [0.3, 0.4) is 0 Å². The van der Waals surface area contributed by atoms with Crippen LogP contribution in [-0.2, 0) is 13.0 Å². The van der Waals surface area contributed by atoms with E-state index in [2.05, 4.69) is 22.4 Å². The molecule has 1 aliphatic heterocycles. The Kier molecular flexibility index (Phi) is 1.66. The summed E-state index contributed by atoms with van der Waals surface area (Å²) in [6.07, 6.45) is 2.32. The highest BCUT2D eigenvalue weighted by atomic mass is 15.1. The molecule has 0 saturated carbocycles. The Bertz CT molecular complexity index is 252. The van der Waals surface area contributed by atoms with Gasteiger partial charge in [0.2, 0.25) is 0 Å². The second-order valence-corrected chi connectivity index (χ2v) is 3.05. The zero-order chi connectivity index (χ0) is 7.68. The van der Waals surface area contributed by atoms with Crippen molar-refractivity contribution in [3.05, 3.63) is 17.0 Å². The van der Waals surface area contributed by atoms with Gasteiger partial charge in [-0.25, -0.2) is 0 Å². The summed E-state index contributed by atoms with van der Waals surface area (Å²) in [6.45, 7) is 4.19. The third-order valence-electron chi connectivity index (χ3n) is 2.23. The van der Waals surface area contributed by atoms with Crippen LogP contribution in [0.2, 0.25) is 0 Å². The molecule has 0 aliphatic carbocycles. The van der Waals surface area contributed by atoms with Crippen LogP contribution in [0, 0.1) is 6.92 Å². The molecule has 2 rings (SSSR count). The molecule has 0 saturated heterocycles. The van der Waals surface area contributed by atoms with Gasteiger partial charge in [0.1, 0.15) is 0 Å². The third-order valence-corrected chi connectivity index (χ3v) is 2.23. The summed E-state index contributed by atoms with van der Waals surface area (Å²) in [7, 11) is 0. The maximum absolute atomic E-state index is 4.25. The quantitative estimate of drug-likeness (QED) is 0.574. The molecule has 3 nitrogen and oxygen atoms in total. The van der Waals surface area contributed by atoms with E-state index >= 15 is 0 Å². The summed E-state index contributed by atoms with van der Waals surface area (Å²) >= 11 is 0. The Morgan fingerprint density at radius 3 is 3.27 bits per heavy atom. The fraction of sp³-hybridized carbons (Fsp3) is 0.625. The number of H-pyrrole nitrogens is 1. The van der Waals surface area contributed by atoms with Gasteiger partial charge < -0.3 is 5.32 Å². The van der Waals surface area contributed by atoms with Gasteiger partial charge in [-0.3, -0.25) is 5.10 Å². The molecule has 0 radical (unpaired) electrons. The minimum absolute atomic E-state index is 0.984. The normalized spacial score (nSPS) is 17.5. The summed E-state index contributed by atoms with van der Waals surface area (Å²) in [4.78, 5) is 0. The summed E-state index contributed by atoms with van der Waals surface area (Å²) in [6, 6.07) is 0. The van der Waals surface area contributed by atoms with Crippen LogP contribution in [0.5, 0.6) is 0 Å². The van der Waals surface area contributed by atoms with Crippen LogP contribution < -0.4 is 5.32 Å². The second kappa shape index (κ2) is 2.66. The van der Waals surface area contributed by atoms with Gasteiger partial charge in [0.25, 0.3) is 0 Å². The molecule has 0 amide bonds. The first-order chi connectivity index (χ1) is 5.38. The molecule has 1 aromatic heterocycles. The maximum Gasteiger partial charge on any atom is 0.0670 e. The zero-order valence-corrected chi connectivity index (χ0v) is 6.78. The minimum atomic E-state index is 0.984. The number of nitrogens with zero attached hydrogens (tertiary/aromatic N) is 1. The molecule has 60 valence electrons. The van der Waals surface area contributed by atoms with Gasteiger partial charge in [0, 0.05) is 17.8 Å². The Morgan fingerprint density at radius 1 is 1.45 bits per heavy atom. The van der Waals surface area contributed by atoms with Gasteiger partial charge >= 0.3 is 0 Å². The average Bonchev–Trinajstić information content (AvgIpc) is 2.25. The summed E-state index contributed by atoms with van der Waals surface area (Å²) in [5.41, 5.74) is 3.85. The smallest absolute Gasteiger partial charge is 0.0670 e. The number of aryl methyl sites for hydroxylation is 2. The van der Waals surface area contributed by atoms with Crippen molar-refractivity contribution in [2.24, 2.45) is 0 Å². The standard InChI is InChI=1S/C8H13N3/c1-6-7-5-9-4-2-3-8(7)11-10-6/h9H,2-5H2,1H3,(H,10,11). The first kappa shape index (κ1) is 6.85. The average molecular weight is 151 g/mol. The number of fused-ring (bicyclic) bond motifs is 1. The fourth-order valence-electron chi connectivity index (χ4n) is 1.54. The Balaban J connectivity index is 2.35. The number of hydrogen-bond donors (Lipinski definition) is 2. The molecule has 0 atom stereocenters. The lowest BCUT2D eigenvalue weighted by molar-refractivity contribution is 0.673. The molecule has 11 heavy (non-hydrogen) atoms. The van der Waals surface area contributed by atoms with Crippen molar-refractivity contribution in [1.29, 1.82) is 0 Å². The second-order valence-electron chi connectivity index (χ2n) is 3.05. The lowest BCUT2D eigenvalue weighted by atomic mass is 10.1. The molecule has 3 heteroatoms. The largest absolute Gasteiger partial charge is 0.313 e. The number of rotatable bonds is 0. The van der Waals surface area contributed by atoms with Gasteiger partial charge in [-0.2, -0.15) is 5.10 Å². The van der Waals surface area contributed by atoms with Crippen molar-refractivity contribution in [1.82, 2.24) is 15.5 Å². The predicted octanol–water partition coefficient (Wildman–Crippen LogP) is 0.754. The highest BCUT2D eigenvalue weighted by molar-refractivity contribution is 5.25. The summed E-state index contributed by atoms with van der Waals surface area (Å²) in [5, 5.41) is 10.6. The number of aromatic nitrogens is 2. The van der Waals surface area contributed by atoms with E-state index in [9.17, 15) is 0 Å².